The molecule has 180 valence electrons. The van der Waals surface area contributed by atoms with Crippen molar-refractivity contribution < 1.29 is 14.1 Å². The average Bonchev–Trinajstić information content (AvgIpc) is 3.34. The van der Waals surface area contributed by atoms with Crippen LogP contribution in [0, 0.1) is 0 Å². The summed E-state index contributed by atoms with van der Waals surface area (Å²) in [6.07, 6.45) is 1.73. The van der Waals surface area contributed by atoms with Crippen LogP contribution in [0.15, 0.2) is 65.2 Å². The first-order valence-corrected chi connectivity index (χ1v) is 11.9. The van der Waals surface area contributed by atoms with Crippen LogP contribution in [0.3, 0.4) is 0 Å². The molecule has 3 aromatic rings. The highest BCUT2D eigenvalue weighted by Gasteiger charge is 2.22. The molecule has 2 aromatic carbocycles. The van der Waals surface area contributed by atoms with E-state index in [2.05, 4.69) is 27.1 Å². The van der Waals surface area contributed by atoms with Crippen LogP contribution in [0.5, 0.6) is 5.75 Å². The smallest absolute Gasteiger partial charge is 0.236 e. The van der Waals surface area contributed by atoms with E-state index in [-0.39, 0.29) is 5.91 Å². The molecule has 0 spiro atoms. The van der Waals surface area contributed by atoms with Crippen molar-refractivity contribution >= 4 is 5.91 Å². The number of carbonyl (C=O) groups excluding carboxylic acids is 1. The highest BCUT2D eigenvalue weighted by atomic mass is 16.5. The molecule has 0 saturated carbocycles. The summed E-state index contributed by atoms with van der Waals surface area (Å²) in [6, 6.07) is 20.2. The summed E-state index contributed by atoms with van der Waals surface area (Å²) in [5.74, 6) is 1.96. The molecule has 1 saturated heterocycles. The lowest BCUT2D eigenvalue weighted by Gasteiger charge is -2.35. The Kier molecular flexibility index (Phi) is 8.33. The van der Waals surface area contributed by atoms with E-state index in [9.17, 15) is 4.79 Å². The Balaban J connectivity index is 1.14. The number of carbonyl (C=O) groups is 1. The van der Waals surface area contributed by atoms with Crippen LogP contribution >= 0.6 is 0 Å². The maximum atomic E-state index is 12.8. The molecule has 1 fully saturated rings. The minimum Gasteiger partial charge on any atom is -0.497 e. The number of piperazine rings is 1. The summed E-state index contributed by atoms with van der Waals surface area (Å²) in [7, 11) is 3.69. The number of amides is 1. The summed E-state index contributed by atoms with van der Waals surface area (Å²) in [5.41, 5.74) is 3.19. The Morgan fingerprint density at radius 1 is 1.06 bits per heavy atom. The van der Waals surface area contributed by atoms with Crippen LogP contribution in [-0.4, -0.2) is 79.2 Å². The van der Waals surface area contributed by atoms with E-state index < -0.39 is 0 Å². The monoisotopic (exact) mass is 462 g/mol. The fraction of sp³-hybridized carbons (Fsp3) is 0.407. The Hall–Kier alpha value is -3.16. The van der Waals surface area contributed by atoms with Gasteiger partial charge in [-0.2, -0.15) is 0 Å². The number of nitrogens with zero attached hydrogens (tertiary/aromatic N) is 4. The molecule has 7 heteroatoms. The lowest BCUT2D eigenvalue weighted by molar-refractivity contribution is -0.133. The Bertz CT molecular complexity index is 1030. The molecule has 4 rings (SSSR count). The highest BCUT2D eigenvalue weighted by Crippen LogP contribution is 2.19. The Labute approximate surface area is 201 Å². The van der Waals surface area contributed by atoms with Gasteiger partial charge in [-0.3, -0.25) is 14.6 Å². The van der Waals surface area contributed by atoms with Gasteiger partial charge in [-0.1, -0.05) is 47.6 Å². The molecular formula is C27H34N4O3. The van der Waals surface area contributed by atoms with E-state index in [1.54, 1.807) is 7.11 Å². The lowest BCUT2D eigenvalue weighted by Crippen LogP contribution is -2.50. The molecule has 7 nitrogen and oxygen atoms in total. The van der Waals surface area contributed by atoms with E-state index in [0.29, 0.717) is 6.54 Å². The third kappa shape index (κ3) is 6.68. The molecule has 0 aliphatic carbocycles. The Morgan fingerprint density at radius 3 is 2.50 bits per heavy atom. The normalized spacial score (nSPS) is 14.5. The molecule has 1 aliphatic rings. The fourth-order valence-electron chi connectivity index (χ4n) is 4.25. The predicted octanol–water partition coefficient (Wildman–Crippen LogP) is 3.56. The SMILES string of the molecule is COc1ccc(CN2CCN(C(=O)CN(C)CCCc3cc(-c4ccccc4)no3)CC2)cc1. The summed E-state index contributed by atoms with van der Waals surface area (Å²) < 4.78 is 10.7. The van der Waals surface area contributed by atoms with Crippen LogP contribution < -0.4 is 4.74 Å². The van der Waals surface area contributed by atoms with Crippen molar-refractivity contribution in [3.8, 4) is 17.0 Å². The van der Waals surface area contributed by atoms with Gasteiger partial charge >= 0.3 is 0 Å². The van der Waals surface area contributed by atoms with Gasteiger partial charge in [0.2, 0.25) is 5.91 Å². The number of likely N-dealkylation sites (N-methyl/N-ethyl adjacent to an activating group) is 1. The lowest BCUT2D eigenvalue weighted by atomic mass is 10.1. The fourth-order valence-corrected chi connectivity index (χ4v) is 4.25. The maximum Gasteiger partial charge on any atom is 0.236 e. The average molecular weight is 463 g/mol. The van der Waals surface area contributed by atoms with Gasteiger partial charge in [0, 0.05) is 50.8 Å². The van der Waals surface area contributed by atoms with Crippen LogP contribution in [0.1, 0.15) is 17.7 Å². The maximum absolute atomic E-state index is 12.8. The highest BCUT2D eigenvalue weighted by molar-refractivity contribution is 5.78. The van der Waals surface area contributed by atoms with Crippen molar-refractivity contribution in [3.63, 3.8) is 0 Å². The van der Waals surface area contributed by atoms with Crippen molar-refractivity contribution in [3.05, 3.63) is 72.0 Å². The second-order valence-corrected chi connectivity index (χ2v) is 8.89. The van der Waals surface area contributed by atoms with Crippen molar-refractivity contribution in [1.29, 1.82) is 0 Å². The second-order valence-electron chi connectivity index (χ2n) is 8.89. The van der Waals surface area contributed by atoms with Gasteiger partial charge in [0.05, 0.1) is 13.7 Å². The van der Waals surface area contributed by atoms with Gasteiger partial charge in [0.15, 0.2) is 0 Å². The molecule has 0 radical (unpaired) electrons. The van der Waals surface area contributed by atoms with Gasteiger partial charge in [0.25, 0.3) is 0 Å². The quantitative estimate of drug-likeness (QED) is 0.459. The molecule has 0 bridgehead atoms. The molecular weight excluding hydrogens is 428 g/mol. The minimum absolute atomic E-state index is 0.206. The van der Waals surface area contributed by atoms with E-state index >= 15 is 0 Å². The van der Waals surface area contributed by atoms with E-state index in [1.165, 1.54) is 5.56 Å². The summed E-state index contributed by atoms with van der Waals surface area (Å²) >= 11 is 0. The number of hydrogen-bond donors (Lipinski definition) is 0. The van der Waals surface area contributed by atoms with Crippen molar-refractivity contribution in [2.45, 2.75) is 19.4 Å². The third-order valence-corrected chi connectivity index (χ3v) is 6.29. The van der Waals surface area contributed by atoms with Crippen LogP contribution in [0.4, 0.5) is 0 Å². The van der Waals surface area contributed by atoms with E-state index in [4.69, 9.17) is 9.26 Å². The standard InChI is InChI=1S/C27H34N4O3/c1-29(14-6-9-25-19-26(28-34-25)23-7-4-3-5-8-23)21-27(32)31-17-15-30(16-18-31)20-22-10-12-24(33-2)13-11-22/h3-5,7-8,10-13,19H,6,9,14-18,20-21H2,1-2H3. The Morgan fingerprint density at radius 2 is 1.79 bits per heavy atom. The third-order valence-electron chi connectivity index (χ3n) is 6.29. The number of benzene rings is 2. The van der Waals surface area contributed by atoms with E-state index in [0.717, 1.165) is 74.9 Å². The van der Waals surface area contributed by atoms with Crippen molar-refractivity contribution in [2.24, 2.45) is 0 Å². The first-order chi connectivity index (χ1) is 16.6. The number of rotatable bonds is 10. The number of hydrogen-bond acceptors (Lipinski definition) is 6. The summed E-state index contributed by atoms with van der Waals surface area (Å²) in [5, 5.41) is 4.17. The second kappa shape index (κ2) is 11.8. The number of ether oxygens (including phenoxy) is 1. The molecule has 1 amide bonds. The van der Waals surface area contributed by atoms with Gasteiger partial charge < -0.3 is 14.2 Å². The zero-order chi connectivity index (χ0) is 23.8. The van der Waals surface area contributed by atoms with Gasteiger partial charge in [-0.05, 0) is 37.7 Å². The molecule has 34 heavy (non-hydrogen) atoms. The molecule has 1 aliphatic heterocycles. The van der Waals surface area contributed by atoms with Gasteiger partial charge in [-0.15, -0.1) is 0 Å². The zero-order valence-electron chi connectivity index (χ0n) is 20.2. The van der Waals surface area contributed by atoms with Gasteiger partial charge in [0.1, 0.15) is 17.2 Å². The number of aromatic nitrogens is 1. The van der Waals surface area contributed by atoms with Gasteiger partial charge in [-0.25, -0.2) is 0 Å². The zero-order valence-corrected chi connectivity index (χ0v) is 20.2. The molecule has 0 atom stereocenters. The first kappa shape index (κ1) is 24.0. The largest absolute Gasteiger partial charge is 0.497 e. The minimum atomic E-state index is 0.206. The van der Waals surface area contributed by atoms with Crippen molar-refractivity contribution in [1.82, 2.24) is 19.9 Å². The molecule has 1 aromatic heterocycles. The van der Waals surface area contributed by atoms with Crippen LogP contribution in [0.25, 0.3) is 11.3 Å². The summed E-state index contributed by atoms with van der Waals surface area (Å²) in [6.45, 7) is 5.55. The van der Waals surface area contributed by atoms with E-state index in [1.807, 2.05) is 60.5 Å². The first-order valence-electron chi connectivity index (χ1n) is 11.9. The number of methoxy groups -OCH3 is 1. The topological polar surface area (TPSA) is 62.1 Å². The summed E-state index contributed by atoms with van der Waals surface area (Å²) in [4.78, 5) is 19.2. The van der Waals surface area contributed by atoms with Crippen LogP contribution in [-0.2, 0) is 17.8 Å². The molecule has 2 heterocycles. The van der Waals surface area contributed by atoms with Crippen LogP contribution in [0.2, 0.25) is 0 Å². The molecule has 0 N–H and O–H groups in total. The number of aryl methyl sites for hydroxylation is 1. The predicted molar refractivity (Wildman–Crippen MR) is 133 cm³/mol. The molecule has 0 unspecified atom stereocenters. The van der Waals surface area contributed by atoms with Crippen molar-refractivity contribution in [2.75, 3.05) is 53.4 Å².